The zero-order valence-electron chi connectivity index (χ0n) is 22.3. The lowest BCUT2D eigenvalue weighted by Crippen LogP contribution is -2.56. The van der Waals surface area contributed by atoms with E-state index < -0.39 is 35.0 Å². The molecule has 3 aliphatic rings. The standard InChI is InChI=1S/C30H40N2O6/c1-4-7-8-12-20-37-28(36)24-23-26(34)32(18-19-33)25(30(23)16-15-29(24,6-3)38-30)27(35)31(17-5-2)21-22-13-10-9-11-14-22/h4-5,9-11,13-14,23-25,33H,1-2,6-8,12,15-21H2,3H3/t23-,24+,25?,29-,30?/m0/s1. The SMILES string of the molecule is C=CCCCCOC(=O)[C@H]1[C@H]2C(=O)N(CCO)C(C(=O)N(CC=C)Cc3ccccc3)C23CC[C@]1(CC)O3. The van der Waals surface area contributed by atoms with Crippen LogP contribution in [0.5, 0.6) is 0 Å². The second-order valence-electron chi connectivity index (χ2n) is 10.5. The Morgan fingerprint density at radius 3 is 2.63 bits per heavy atom. The third-order valence-corrected chi connectivity index (χ3v) is 8.43. The lowest BCUT2D eigenvalue weighted by Gasteiger charge is -2.36. The Hall–Kier alpha value is -2.97. The van der Waals surface area contributed by atoms with E-state index >= 15 is 0 Å². The maximum absolute atomic E-state index is 14.2. The molecule has 3 saturated heterocycles. The largest absolute Gasteiger partial charge is 0.465 e. The van der Waals surface area contributed by atoms with Crippen molar-refractivity contribution in [1.29, 1.82) is 0 Å². The van der Waals surface area contributed by atoms with Gasteiger partial charge in [0.05, 0.1) is 24.7 Å². The van der Waals surface area contributed by atoms with Crippen molar-refractivity contribution in [3.05, 3.63) is 61.2 Å². The quantitative estimate of drug-likeness (QED) is 0.228. The van der Waals surface area contributed by atoms with Crippen molar-refractivity contribution in [2.75, 3.05) is 26.3 Å². The van der Waals surface area contributed by atoms with E-state index in [0.717, 1.165) is 18.4 Å². The Morgan fingerprint density at radius 1 is 1.21 bits per heavy atom. The molecule has 2 bridgehead atoms. The fourth-order valence-corrected chi connectivity index (χ4v) is 6.72. The first-order chi connectivity index (χ1) is 18.4. The molecule has 1 aromatic carbocycles. The van der Waals surface area contributed by atoms with E-state index in [9.17, 15) is 19.5 Å². The van der Waals surface area contributed by atoms with Crippen molar-refractivity contribution in [1.82, 2.24) is 9.80 Å². The van der Waals surface area contributed by atoms with Crippen LogP contribution in [0.25, 0.3) is 0 Å². The van der Waals surface area contributed by atoms with Crippen LogP contribution in [0.15, 0.2) is 55.6 Å². The molecular formula is C30H40N2O6. The van der Waals surface area contributed by atoms with Gasteiger partial charge in [0, 0.05) is 19.6 Å². The highest BCUT2D eigenvalue weighted by atomic mass is 16.6. The number of β-amino-alcohol motifs (C(OH)–C–C–N with tert-alkyl or cyclic N) is 1. The molecule has 2 amide bonds. The van der Waals surface area contributed by atoms with E-state index in [0.29, 0.717) is 38.8 Å². The minimum atomic E-state index is -1.14. The number of allylic oxidation sites excluding steroid dienone is 1. The third-order valence-electron chi connectivity index (χ3n) is 8.43. The van der Waals surface area contributed by atoms with Gasteiger partial charge in [0.25, 0.3) is 0 Å². The molecule has 3 aliphatic heterocycles. The molecule has 0 radical (unpaired) electrons. The highest BCUT2D eigenvalue weighted by molar-refractivity contribution is 5.98. The van der Waals surface area contributed by atoms with Gasteiger partial charge in [0.2, 0.25) is 11.8 Å². The number of rotatable bonds is 14. The highest BCUT2D eigenvalue weighted by Gasteiger charge is 2.79. The molecule has 3 heterocycles. The van der Waals surface area contributed by atoms with E-state index in [1.165, 1.54) is 4.90 Å². The first-order valence-electron chi connectivity index (χ1n) is 13.7. The molecule has 206 valence electrons. The van der Waals surface area contributed by atoms with Gasteiger partial charge in [-0.05, 0) is 44.1 Å². The summed E-state index contributed by atoms with van der Waals surface area (Å²) in [6.45, 7) is 10.1. The minimum absolute atomic E-state index is 0.00738. The normalized spacial score (nSPS) is 29.3. The molecule has 5 atom stereocenters. The van der Waals surface area contributed by atoms with E-state index in [-0.39, 0.29) is 31.6 Å². The number of amides is 2. The number of unbranched alkanes of at least 4 members (excludes halogenated alkanes) is 2. The lowest BCUT2D eigenvalue weighted by atomic mass is 9.65. The van der Waals surface area contributed by atoms with Gasteiger partial charge < -0.3 is 24.4 Å². The van der Waals surface area contributed by atoms with Crippen molar-refractivity contribution in [3.63, 3.8) is 0 Å². The van der Waals surface area contributed by atoms with Crippen LogP contribution in [-0.4, -0.2) is 76.2 Å². The summed E-state index contributed by atoms with van der Waals surface area (Å²) >= 11 is 0. The number of likely N-dealkylation sites (tertiary alicyclic amines) is 1. The molecule has 3 fully saturated rings. The van der Waals surface area contributed by atoms with Gasteiger partial charge in [-0.15, -0.1) is 13.2 Å². The average molecular weight is 525 g/mol. The number of benzene rings is 1. The summed E-state index contributed by atoms with van der Waals surface area (Å²) in [6.07, 6.45) is 7.52. The van der Waals surface area contributed by atoms with Crippen molar-refractivity contribution in [2.24, 2.45) is 11.8 Å². The van der Waals surface area contributed by atoms with E-state index in [2.05, 4.69) is 13.2 Å². The smallest absolute Gasteiger partial charge is 0.312 e. The molecule has 1 aromatic rings. The molecule has 0 aliphatic carbocycles. The molecule has 4 rings (SSSR count). The first kappa shape index (κ1) is 28.0. The van der Waals surface area contributed by atoms with Gasteiger partial charge in [-0.1, -0.05) is 49.4 Å². The molecule has 1 N–H and O–H groups in total. The van der Waals surface area contributed by atoms with Crippen molar-refractivity contribution in [2.45, 2.75) is 69.2 Å². The third kappa shape index (κ3) is 4.80. The monoisotopic (exact) mass is 524 g/mol. The summed E-state index contributed by atoms with van der Waals surface area (Å²) in [4.78, 5) is 44.8. The molecule has 8 heteroatoms. The Morgan fingerprint density at radius 2 is 1.97 bits per heavy atom. The van der Waals surface area contributed by atoms with Crippen LogP contribution >= 0.6 is 0 Å². The summed E-state index contributed by atoms with van der Waals surface area (Å²) in [5.41, 5.74) is -1.03. The predicted molar refractivity (Wildman–Crippen MR) is 143 cm³/mol. The Kier molecular flexibility index (Phi) is 8.73. The molecule has 0 saturated carbocycles. The van der Waals surface area contributed by atoms with Crippen molar-refractivity contribution >= 4 is 17.8 Å². The summed E-state index contributed by atoms with van der Waals surface area (Å²) < 4.78 is 12.4. The zero-order chi connectivity index (χ0) is 27.3. The second kappa shape index (κ2) is 11.8. The second-order valence-corrected chi connectivity index (χ2v) is 10.5. The number of nitrogens with zero attached hydrogens (tertiary/aromatic N) is 2. The maximum atomic E-state index is 14.2. The lowest BCUT2D eigenvalue weighted by molar-refractivity contribution is -0.162. The number of aliphatic hydroxyl groups excluding tert-OH is 1. The number of carbonyl (C=O) groups is 3. The number of hydrogen-bond acceptors (Lipinski definition) is 6. The van der Waals surface area contributed by atoms with Gasteiger partial charge in [-0.2, -0.15) is 0 Å². The molecular weight excluding hydrogens is 484 g/mol. The topological polar surface area (TPSA) is 96.4 Å². The Bertz CT molecular complexity index is 1040. The summed E-state index contributed by atoms with van der Waals surface area (Å²) in [5.74, 6) is -2.62. The molecule has 2 unspecified atom stereocenters. The van der Waals surface area contributed by atoms with Gasteiger partial charge >= 0.3 is 5.97 Å². The summed E-state index contributed by atoms with van der Waals surface area (Å²) in [7, 11) is 0. The van der Waals surface area contributed by atoms with Gasteiger partial charge in [-0.25, -0.2) is 0 Å². The van der Waals surface area contributed by atoms with Crippen LogP contribution in [0.3, 0.4) is 0 Å². The molecule has 38 heavy (non-hydrogen) atoms. The number of esters is 1. The van der Waals surface area contributed by atoms with Gasteiger partial charge in [0.1, 0.15) is 17.6 Å². The van der Waals surface area contributed by atoms with Crippen LogP contribution in [0.4, 0.5) is 0 Å². The van der Waals surface area contributed by atoms with E-state index in [1.54, 1.807) is 11.0 Å². The van der Waals surface area contributed by atoms with Crippen LogP contribution in [-0.2, 0) is 30.4 Å². The van der Waals surface area contributed by atoms with Crippen molar-refractivity contribution in [3.8, 4) is 0 Å². The van der Waals surface area contributed by atoms with Crippen molar-refractivity contribution < 1.29 is 29.0 Å². The molecule has 8 nitrogen and oxygen atoms in total. The molecule has 1 spiro atoms. The Balaban J connectivity index is 1.66. The fourth-order valence-electron chi connectivity index (χ4n) is 6.72. The fraction of sp³-hybridized carbons (Fsp3) is 0.567. The zero-order valence-corrected chi connectivity index (χ0v) is 22.3. The maximum Gasteiger partial charge on any atom is 0.312 e. The van der Waals surface area contributed by atoms with Gasteiger partial charge in [-0.3, -0.25) is 14.4 Å². The number of hydrogen-bond donors (Lipinski definition) is 1. The number of carbonyl (C=O) groups excluding carboxylic acids is 3. The van der Waals surface area contributed by atoms with E-state index in [4.69, 9.17) is 9.47 Å². The number of ether oxygens (including phenoxy) is 2. The van der Waals surface area contributed by atoms with Crippen LogP contribution in [0.1, 0.15) is 51.0 Å². The summed E-state index contributed by atoms with van der Waals surface area (Å²) in [6, 6.07) is 8.70. The van der Waals surface area contributed by atoms with Crippen LogP contribution < -0.4 is 0 Å². The van der Waals surface area contributed by atoms with Crippen LogP contribution in [0, 0.1) is 11.8 Å². The first-order valence-corrected chi connectivity index (χ1v) is 13.7. The number of aliphatic hydroxyl groups is 1. The summed E-state index contributed by atoms with van der Waals surface area (Å²) in [5, 5.41) is 9.84. The number of fused-ring (bicyclic) bond motifs is 1. The average Bonchev–Trinajstić information content (AvgIpc) is 3.52. The predicted octanol–water partition coefficient (Wildman–Crippen LogP) is 3.25. The minimum Gasteiger partial charge on any atom is -0.465 e. The Labute approximate surface area is 225 Å². The van der Waals surface area contributed by atoms with Gasteiger partial charge in [0.15, 0.2) is 0 Å². The highest BCUT2D eigenvalue weighted by Crippen LogP contribution is 2.64. The van der Waals surface area contributed by atoms with E-state index in [1.807, 2.05) is 43.3 Å². The van der Waals surface area contributed by atoms with Crippen LogP contribution in [0.2, 0.25) is 0 Å². The molecule has 0 aromatic heterocycles.